The molecule has 1 amide bonds. The van der Waals surface area contributed by atoms with Gasteiger partial charge in [0.15, 0.2) is 5.69 Å². The molecule has 23 heavy (non-hydrogen) atoms. The van der Waals surface area contributed by atoms with Gasteiger partial charge in [0, 0.05) is 17.2 Å². The summed E-state index contributed by atoms with van der Waals surface area (Å²) in [6, 6.07) is 9.49. The second-order valence-electron chi connectivity index (χ2n) is 5.98. The first-order valence-electron chi connectivity index (χ1n) is 7.36. The van der Waals surface area contributed by atoms with Gasteiger partial charge in [-0.3, -0.25) is 4.79 Å². The molecule has 0 spiro atoms. The molecule has 1 fully saturated rings. The predicted molar refractivity (Wildman–Crippen MR) is 96.2 cm³/mol. The van der Waals surface area contributed by atoms with Crippen molar-refractivity contribution in [1.29, 1.82) is 0 Å². The van der Waals surface area contributed by atoms with Crippen LogP contribution in [-0.4, -0.2) is 27.8 Å². The fourth-order valence-corrected chi connectivity index (χ4v) is 2.96. The van der Waals surface area contributed by atoms with Gasteiger partial charge in [-0.1, -0.05) is 22.0 Å². The second kappa shape index (κ2) is 7.03. The number of amides is 1. The summed E-state index contributed by atoms with van der Waals surface area (Å²) >= 11 is 3.43. The maximum Gasteiger partial charge on any atom is 0.272 e. The Hall–Kier alpha value is -1.37. The normalized spacial score (nSPS) is 16.3. The summed E-state index contributed by atoms with van der Waals surface area (Å²) < 4.78 is 2.66. The van der Waals surface area contributed by atoms with E-state index in [1.807, 2.05) is 31.2 Å². The average Bonchev–Trinajstić information content (AvgIpc) is 3.25. The molecule has 1 aromatic carbocycles. The number of carbonyl (C=O) groups excluding carboxylic acids is 1. The monoisotopic (exact) mass is 398 g/mol. The number of hydrogen-bond donors (Lipinski definition) is 2. The lowest BCUT2D eigenvalue weighted by molar-refractivity contribution is 0.0892. The number of nitrogens with zero attached hydrogens (tertiary/aromatic N) is 2. The molecule has 1 heterocycles. The lowest BCUT2D eigenvalue weighted by Gasteiger charge is -2.29. The van der Waals surface area contributed by atoms with Gasteiger partial charge < -0.3 is 11.1 Å². The van der Waals surface area contributed by atoms with Gasteiger partial charge in [-0.15, -0.1) is 12.4 Å². The molecule has 1 atom stereocenters. The van der Waals surface area contributed by atoms with Gasteiger partial charge in [0.1, 0.15) is 0 Å². The number of rotatable bonds is 5. The Morgan fingerprint density at radius 1 is 1.48 bits per heavy atom. The number of hydrogen-bond acceptors (Lipinski definition) is 3. The van der Waals surface area contributed by atoms with E-state index in [2.05, 4.69) is 26.3 Å². The molecule has 7 heteroatoms. The molecule has 1 saturated carbocycles. The Labute approximate surface area is 150 Å². The van der Waals surface area contributed by atoms with E-state index in [9.17, 15) is 4.79 Å². The maximum atomic E-state index is 12.4. The zero-order valence-corrected chi connectivity index (χ0v) is 15.2. The third-order valence-corrected chi connectivity index (χ3v) is 4.69. The van der Waals surface area contributed by atoms with E-state index in [1.165, 1.54) is 0 Å². The van der Waals surface area contributed by atoms with Gasteiger partial charge in [0.2, 0.25) is 0 Å². The molecule has 0 bridgehead atoms. The number of carbonyl (C=O) groups is 1. The van der Waals surface area contributed by atoms with Crippen LogP contribution in [0.4, 0.5) is 0 Å². The summed E-state index contributed by atoms with van der Waals surface area (Å²) in [5.74, 6) is 0.308. The number of nitrogens with one attached hydrogen (secondary N) is 1. The molecule has 1 aliphatic rings. The lowest BCUT2D eigenvalue weighted by Crippen LogP contribution is -2.53. The Kier molecular flexibility index (Phi) is 5.49. The standard InChI is InChI=1S/C16H19BrN4O.ClH/c1-16(10-18,11-5-6-11)19-15(22)14-7-8-21(20-14)13-4-2-3-12(17)9-13;/h2-4,7-9,11H,5-6,10,18H2,1H3,(H,19,22);1H. The van der Waals surface area contributed by atoms with Gasteiger partial charge in [-0.25, -0.2) is 4.68 Å². The lowest BCUT2D eigenvalue weighted by atomic mass is 9.96. The first kappa shape index (κ1) is 18.0. The summed E-state index contributed by atoms with van der Waals surface area (Å²) in [4.78, 5) is 12.4. The summed E-state index contributed by atoms with van der Waals surface area (Å²) in [6.45, 7) is 2.45. The average molecular weight is 400 g/mol. The Morgan fingerprint density at radius 3 is 2.83 bits per heavy atom. The van der Waals surface area contributed by atoms with Crippen molar-refractivity contribution in [2.75, 3.05) is 6.54 Å². The summed E-state index contributed by atoms with van der Waals surface area (Å²) in [5.41, 5.74) is 6.81. The van der Waals surface area contributed by atoms with Crippen molar-refractivity contribution in [1.82, 2.24) is 15.1 Å². The Bertz CT molecular complexity index is 701. The van der Waals surface area contributed by atoms with Crippen LogP contribution in [0.3, 0.4) is 0 Å². The Balaban J connectivity index is 0.00000192. The molecule has 5 nitrogen and oxygen atoms in total. The van der Waals surface area contributed by atoms with Crippen LogP contribution in [0.1, 0.15) is 30.3 Å². The van der Waals surface area contributed by atoms with E-state index < -0.39 is 0 Å². The third kappa shape index (κ3) is 3.94. The minimum Gasteiger partial charge on any atom is -0.344 e. The molecule has 2 aromatic rings. The largest absolute Gasteiger partial charge is 0.344 e. The molecule has 1 aromatic heterocycles. The third-order valence-electron chi connectivity index (χ3n) is 4.20. The fourth-order valence-electron chi connectivity index (χ4n) is 2.57. The molecule has 0 aliphatic heterocycles. The highest BCUT2D eigenvalue weighted by Crippen LogP contribution is 2.39. The van der Waals surface area contributed by atoms with Crippen LogP contribution in [0.25, 0.3) is 5.69 Å². The smallest absolute Gasteiger partial charge is 0.272 e. The minimum absolute atomic E-state index is 0. The van der Waals surface area contributed by atoms with E-state index in [0.29, 0.717) is 18.2 Å². The molecule has 124 valence electrons. The van der Waals surface area contributed by atoms with Crippen molar-refractivity contribution in [3.63, 3.8) is 0 Å². The van der Waals surface area contributed by atoms with Crippen LogP contribution >= 0.6 is 28.3 Å². The molecule has 3 rings (SSSR count). The topological polar surface area (TPSA) is 72.9 Å². The number of aromatic nitrogens is 2. The quantitative estimate of drug-likeness (QED) is 0.812. The van der Waals surface area contributed by atoms with Gasteiger partial charge in [0.05, 0.1) is 11.2 Å². The van der Waals surface area contributed by atoms with Crippen molar-refractivity contribution in [2.24, 2.45) is 11.7 Å². The fraction of sp³-hybridized carbons (Fsp3) is 0.375. The van der Waals surface area contributed by atoms with Crippen LogP contribution in [0, 0.1) is 5.92 Å². The van der Waals surface area contributed by atoms with Gasteiger partial charge in [-0.2, -0.15) is 5.10 Å². The van der Waals surface area contributed by atoms with Crippen molar-refractivity contribution in [3.8, 4) is 5.69 Å². The van der Waals surface area contributed by atoms with Crippen LogP contribution in [0.5, 0.6) is 0 Å². The van der Waals surface area contributed by atoms with E-state index in [1.54, 1.807) is 16.9 Å². The van der Waals surface area contributed by atoms with E-state index in [-0.39, 0.29) is 23.9 Å². The van der Waals surface area contributed by atoms with E-state index in [4.69, 9.17) is 5.73 Å². The van der Waals surface area contributed by atoms with E-state index in [0.717, 1.165) is 23.0 Å². The summed E-state index contributed by atoms with van der Waals surface area (Å²) in [6.07, 6.45) is 4.04. The Morgan fingerprint density at radius 2 is 2.22 bits per heavy atom. The molecule has 3 N–H and O–H groups in total. The highest BCUT2D eigenvalue weighted by Gasteiger charge is 2.41. The van der Waals surface area contributed by atoms with Crippen molar-refractivity contribution < 1.29 is 4.79 Å². The number of halogens is 2. The van der Waals surface area contributed by atoms with E-state index >= 15 is 0 Å². The molecule has 0 radical (unpaired) electrons. The number of benzene rings is 1. The predicted octanol–water partition coefficient (Wildman–Crippen LogP) is 2.91. The number of nitrogens with two attached hydrogens (primary N) is 1. The van der Waals surface area contributed by atoms with Crippen molar-refractivity contribution in [3.05, 3.63) is 46.7 Å². The van der Waals surface area contributed by atoms with Crippen LogP contribution in [-0.2, 0) is 0 Å². The second-order valence-corrected chi connectivity index (χ2v) is 6.89. The van der Waals surface area contributed by atoms with Crippen LogP contribution in [0.15, 0.2) is 41.0 Å². The van der Waals surface area contributed by atoms with Gasteiger partial charge in [-0.05, 0) is 49.9 Å². The highest BCUT2D eigenvalue weighted by atomic mass is 79.9. The first-order chi connectivity index (χ1) is 10.5. The zero-order valence-electron chi connectivity index (χ0n) is 12.8. The van der Waals surface area contributed by atoms with Crippen molar-refractivity contribution >= 4 is 34.2 Å². The molecule has 0 saturated heterocycles. The molecular formula is C16H20BrClN4O. The maximum absolute atomic E-state index is 12.4. The SMILES string of the molecule is CC(CN)(NC(=O)c1ccn(-c2cccc(Br)c2)n1)C1CC1.Cl. The van der Waals surface area contributed by atoms with Crippen LogP contribution in [0.2, 0.25) is 0 Å². The molecule has 1 aliphatic carbocycles. The molecule has 1 unspecified atom stereocenters. The van der Waals surface area contributed by atoms with Gasteiger partial charge in [0.25, 0.3) is 5.91 Å². The van der Waals surface area contributed by atoms with Crippen molar-refractivity contribution in [2.45, 2.75) is 25.3 Å². The highest BCUT2D eigenvalue weighted by molar-refractivity contribution is 9.10. The first-order valence-corrected chi connectivity index (χ1v) is 8.15. The van der Waals surface area contributed by atoms with Gasteiger partial charge >= 0.3 is 0 Å². The molecular weight excluding hydrogens is 380 g/mol. The summed E-state index contributed by atoms with van der Waals surface area (Å²) in [7, 11) is 0. The minimum atomic E-state index is -0.337. The summed E-state index contributed by atoms with van der Waals surface area (Å²) in [5, 5.41) is 7.41. The van der Waals surface area contributed by atoms with Crippen LogP contribution < -0.4 is 11.1 Å². The zero-order chi connectivity index (χ0) is 15.7.